The third kappa shape index (κ3) is 5.13. The number of amides is 3. The molecule has 0 unspecified atom stereocenters. The topological polar surface area (TPSA) is 87.7 Å². The zero-order chi connectivity index (χ0) is 21.6. The highest BCUT2D eigenvalue weighted by molar-refractivity contribution is 5.94. The second-order valence-corrected chi connectivity index (χ2v) is 6.90. The van der Waals surface area contributed by atoms with Crippen molar-refractivity contribution in [2.75, 3.05) is 31.5 Å². The van der Waals surface area contributed by atoms with Crippen molar-refractivity contribution in [1.82, 2.24) is 19.8 Å². The van der Waals surface area contributed by atoms with Crippen LogP contribution >= 0.6 is 0 Å². The molecule has 0 spiro atoms. The molecule has 9 heteroatoms. The van der Waals surface area contributed by atoms with Crippen molar-refractivity contribution in [3.8, 4) is 11.6 Å². The number of benzene rings is 1. The SMILES string of the molecule is O=C(Nc1ccc(Oc2cccnc2)nc1)N1CCN(C(=O)c2cccc(F)c2)CC1. The second-order valence-electron chi connectivity index (χ2n) is 6.90. The first-order chi connectivity index (χ1) is 15.1. The quantitative estimate of drug-likeness (QED) is 0.698. The summed E-state index contributed by atoms with van der Waals surface area (Å²) in [4.78, 5) is 36.4. The summed E-state index contributed by atoms with van der Waals surface area (Å²) in [6, 6.07) is 12.2. The van der Waals surface area contributed by atoms with Gasteiger partial charge >= 0.3 is 6.03 Å². The van der Waals surface area contributed by atoms with Crippen molar-refractivity contribution in [2.45, 2.75) is 0 Å². The van der Waals surface area contributed by atoms with Crippen molar-refractivity contribution in [3.05, 3.63) is 78.5 Å². The summed E-state index contributed by atoms with van der Waals surface area (Å²) in [5.41, 5.74) is 0.833. The maximum absolute atomic E-state index is 13.4. The fraction of sp³-hybridized carbons (Fsp3) is 0.182. The van der Waals surface area contributed by atoms with Gasteiger partial charge in [0.05, 0.1) is 18.1 Å². The number of aromatic nitrogens is 2. The van der Waals surface area contributed by atoms with E-state index in [9.17, 15) is 14.0 Å². The van der Waals surface area contributed by atoms with E-state index in [1.807, 2.05) is 0 Å². The highest BCUT2D eigenvalue weighted by atomic mass is 19.1. The Morgan fingerprint density at radius 1 is 0.968 bits per heavy atom. The number of nitrogens with one attached hydrogen (secondary N) is 1. The number of hydrogen-bond acceptors (Lipinski definition) is 5. The Labute approximate surface area is 178 Å². The molecule has 0 aliphatic carbocycles. The van der Waals surface area contributed by atoms with Gasteiger partial charge in [-0.3, -0.25) is 9.78 Å². The predicted octanol–water partition coefficient (Wildman–Crippen LogP) is 3.40. The molecule has 0 atom stereocenters. The van der Waals surface area contributed by atoms with Crippen LogP contribution < -0.4 is 10.1 Å². The molecule has 0 bridgehead atoms. The number of anilines is 1. The van der Waals surface area contributed by atoms with Crippen molar-refractivity contribution in [3.63, 3.8) is 0 Å². The molecule has 1 aliphatic rings. The van der Waals surface area contributed by atoms with Crippen LogP contribution in [0.15, 0.2) is 67.1 Å². The average molecular weight is 421 g/mol. The van der Waals surface area contributed by atoms with Gasteiger partial charge in [0.15, 0.2) is 0 Å². The summed E-state index contributed by atoms with van der Waals surface area (Å²) < 4.78 is 18.9. The van der Waals surface area contributed by atoms with Crippen LogP contribution in [0.1, 0.15) is 10.4 Å². The fourth-order valence-corrected chi connectivity index (χ4v) is 3.16. The second kappa shape index (κ2) is 9.21. The van der Waals surface area contributed by atoms with Gasteiger partial charge in [-0.25, -0.2) is 14.2 Å². The highest BCUT2D eigenvalue weighted by Gasteiger charge is 2.25. The lowest BCUT2D eigenvalue weighted by molar-refractivity contribution is 0.0671. The molecule has 3 heterocycles. The number of halogens is 1. The van der Waals surface area contributed by atoms with Crippen LogP contribution in [0.25, 0.3) is 0 Å². The summed E-state index contributed by atoms with van der Waals surface area (Å²) in [6.07, 6.45) is 4.74. The van der Waals surface area contributed by atoms with Gasteiger partial charge in [0.25, 0.3) is 5.91 Å². The Morgan fingerprint density at radius 2 is 1.77 bits per heavy atom. The maximum atomic E-state index is 13.4. The molecule has 3 amide bonds. The van der Waals surface area contributed by atoms with E-state index in [-0.39, 0.29) is 11.9 Å². The first-order valence-electron chi connectivity index (χ1n) is 9.73. The molecule has 1 fully saturated rings. The Morgan fingerprint density at radius 3 is 2.45 bits per heavy atom. The van der Waals surface area contributed by atoms with Gasteiger partial charge in [-0.15, -0.1) is 0 Å². The summed E-state index contributed by atoms with van der Waals surface area (Å²) in [6.45, 7) is 1.50. The van der Waals surface area contributed by atoms with Crippen molar-refractivity contribution < 1.29 is 18.7 Å². The molecular weight excluding hydrogens is 401 g/mol. The average Bonchev–Trinajstić information content (AvgIpc) is 2.81. The molecule has 1 saturated heterocycles. The molecule has 1 N–H and O–H groups in total. The zero-order valence-corrected chi connectivity index (χ0v) is 16.6. The molecule has 0 saturated carbocycles. The molecule has 8 nitrogen and oxygen atoms in total. The van der Waals surface area contributed by atoms with E-state index >= 15 is 0 Å². The molecule has 2 aromatic heterocycles. The minimum atomic E-state index is -0.450. The molecule has 0 radical (unpaired) electrons. The third-order valence-corrected chi connectivity index (χ3v) is 4.77. The van der Waals surface area contributed by atoms with E-state index in [0.717, 1.165) is 0 Å². The predicted molar refractivity (Wildman–Crippen MR) is 111 cm³/mol. The van der Waals surface area contributed by atoms with Crippen LogP contribution in [0, 0.1) is 5.82 Å². The van der Waals surface area contributed by atoms with E-state index in [1.165, 1.54) is 24.4 Å². The Bertz CT molecular complexity index is 1050. The van der Waals surface area contributed by atoms with E-state index in [2.05, 4.69) is 15.3 Å². The molecule has 1 aliphatic heterocycles. The number of urea groups is 1. The van der Waals surface area contributed by atoms with Crippen LogP contribution in [0.3, 0.4) is 0 Å². The van der Waals surface area contributed by atoms with E-state index in [0.29, 0.717) is 49.1 Å². The van der Waals surface area contributed by atoms with Gasteiger partial charge in [0, 0.05) is 44.0 Å². The van der Waals surface area contributed by atoms with E-state index < -0.39 is 5.82 Å². The molecule has 3 aromatic rings. The Hall–Kier alpha value is -4.01. The van der Waals surface area contributed by atoms with Gasteiger partial charge in [0.1, 0.15) is 11.6 Å². The largest absolute Gasteiger partial charge is 0.437 e. The number of pyridine rings is 2. The summed E-state index contributed by atoms with van der Waals surface area (Å²) in [5, 5.41) is 2.79. The van der Waals surface area contributed by atoms with Gasteiger partial charge in [-0.1, -0.05) is 6.07 Å². The lowest BCUT2D eigenvalue weighted by Gasteiger charge is -2.34. The molecular formula is C22H20FN5O3. The zero-order valence-electron chi connectivity index (χ0n) is 16.6. The molecule has 1 aromatic carbocycles. The fourth-order valence-electron chi connectivity index (χ4n) is 3.16. The lowest BCUT2D eigenvalue weighted by Crippen LogP contribution is -2.51. The number of carbonyl (C=O) groups is 2. The third-order valence-electron chi connectivity index (χ3n) is 4.77. The smallest absolute Gasteiger partial charge is 0.322 e. The standard InChI is InChI=1S/C22H20FN5O3/c23-17-4-1-3-16(13-17)21(29)27-9-11-28(12-10-27)22(30)26-18-6-7-20(25-14-18)31-19-5-2-8-24-15-19/h1-8,13-15H,9-12H2,(H,26,30). The first kappa shape index (κ1) is 20.3. The van der Waals surface area contributed by atoms with Crippen molar-refractivity contribution in [2.24, 2.45) is 0 Å². The maximum Gasteiger partial charge on any atom is 0.322 e. The molecule has 4 rings (SSSR count). The van der Waals surface area contributed by atoms with Crippen LogP contribution in [-0.4, -0.2) is 57.9 Å². The van der Waals surface area contributed by atoms with E-state index in [1.54, 1.807) is 52.5 Å². The number of ether oxygens (including phenoxy) is 1. The highest BCUT2D eigenvalue weighted by Crippen LogP contribution is 2.19. The van der Waals surface area contributed by atoms with Crippen LogP contribution in [-0.2, 0) is 0 Å². The summed E-state index contributed by atoms with van der Waals surface area (Å²) in [5.74, 6) is 0.259. The van der Waals surface area contributed by atoms with Crippen molar-refractivity contribution in [1.29, 1.82) is 0 Å². The number of hydrogen-bond donors (Lipinski definition) is 1. The van der Waals surface area contributed by atoms with Crippen LogP contribution in [0.4, 0.5) is 14.9 Å². The first-order valence-corrected chi connectivity index (χ1v) is 9.73. The van der Waals surface area contributed by atoms with Gasteiger partial charge in [-0.05, 0) is 36.4 Å². The Balaban J connectivity index is 1.28. The van der Waals surface area contributed by atoms with Crippen molar-refractivity contribution >= 4 is 17.6 Å². The van der Waals surface area contributed by atoms with Gasteiger partial charge in [-0.2, -0.15) is 0 Å². The normalized spacial score (nSPS) is 13.6. The number of carbonyl (C=O) groups excluding carboxylic acids is 2. The lowest BCUT2D eigenvalue weighted by atomic mass is 10.2. The number of piperazine rings is 1. The summed E-state index contributed by atoms with van der Waals surface area (Å²) in [7, 11) is 0. The minimum absolute atomic E-state index is 0.243. The Kier molecular flexibility index (Phi) is 6.02. The monoisotopic (exact) mass is 421 g/mol. The van der Waals surface area contributed by atoms with Gasteiger partial charge < -0.3 is 19.9 Å². The van der Waals surface area contributed by atoms with Crippen LogP contribution in [0.2, 0.25) is 0 Å². The van der Waals surface area contributed by atoms with Crippen LogP contribution in [0.5, 0.6) is 11.6 Å². The number of nitrogens with zero attached hydrogens (tertiary/aromatic N) is 4. The minimum Gasteiger partial charge on any atom is -0.437 e. The van der Waals surface area contributed by atoms with E-state index in [4.69, 9.17) is 4.74 Å². The molecule has 158 valence electrons. The van der Waals surface area contributed by atoms with Gasteiger partial charge in [0.2, 0.25) is 5.88 Å². The number of rotatable bonds is 4. The summed E-state index contributed by atoms with van der Waals surface area (Å²) >= 11 is 0. The molecule has 31 heavy (non-hydrogen) atoms.